The monoisotopic (exact) mass is 427 g/mol. The molecule has 160 valence electrons. The van der Waals surface area contributed by atoms with E-state index in [0.717, 1.165) is 50.1 Å². The second-order valence-corrected chi connectivity index (χ2v) is 8.10. The van der Waals surface area contributed by atoms with Crippen molar-refractivity contribution >= 4 is 23.0 Å². The van der Waals surface area contributed by atoms with Crippen LogP contribution in [0.1, 0.15) is 23.7 Å². The van der Waals surface area contributed by atoms with Crippen molar-refractivity contribution < 1.29 is 0 Å². The Labute approximate surface area is 182 Å². The van der Waals surface area contributed by atoms with E-state index in [9.17, 15) is 0 Å². The third-order valence-electron chi connectivity index (χ3n) is 5.55. The second kappa shape index (κ2) is 8.97. The maximum absolute atomic E-state index is 5.64. The van der Waals surface area contributed by atoms with Crippen molar-refractivity contribution in [1.29, 1.82) is 0 Å². The zero-order valence-electron chi connectivity index (χ0n) is 17.8. The summed E-state index contributed by atoms with van der Waals surface area (Å²) in [5.41, 5.74) is 4.53. The molecule has 9 nitrogen and oxygen atoms in total. The Balaban J connectivity index is 1.27. The van der Waals surface area contributed by atoms with E-state index in [4.69, 9.17) is 12.2 Å². The predicted octanol–water partition coefficient (Wildman–Crippen LogP) is 1.70. The van der Waals surface area contributed by atoms with Crippen molar-refractivity contribution in [1.82, 2.24) is 39.1 Å². The van der Waals surface area contributed by atoms with Gasteiger partial charge in [-0.05, 0) is 26.1 Å². The van der Waals surface area contributed by atoms with Crippen molar-refractivity contribution in [2.75, 3.05) is 31.5 Å². The lowest BCUT2D eigenvalue weighted by molar-refractivity contribution is 0.177. The van der Waals surface area contributed by atoms with E-state index >= 15 is 0 Å². The molecule has 1 saturated heterocycles. The van der Waals surface area contributed by atoms with Crippen molar-refractivity contribution in [3.63, 3.8) is 0 Å². The number of nitrogens with one attached hydrogen (secondary N) is 1. The van der Waals surface area contributed by atoms with Crippen LogP contribution in [-0.4, -0.2) is 70.4 Å². The van der Waals surface area contributed by atoms with Crippen molar-refractivity contribution in [3.05, 3.63) is 47.8 Å². The number of anilines is 1. The summed E-state index contributed by atoms with van der Waals surface area (Å²) in [6.45, 7) is 10.5. The molecule has 0 aromatic carbocycles. The van der Waals surface area contributed by atoms with Crippen LogP contribution in [0.15, 0.2) is 31.0 Å². The first kappa shape index (κ1) is 20.5. The fourth-order valence-electron chi connectivity index (χ4n) is 3.77. The van der Waals surface area contributed by atoms with Crippen LogP contribution >= 0.6 is 12.2 Å². The van der Waals surface area contributed by atoms with Gasteiger partial charge in [0, 0.05) is 75.5 Å². The quantitative estimate of drug-likeness (QED) is 0.601. The van der Waals surface area contributed by atoms with Gasteiger partial charge in [-0.2, -0.15) is 15.3 Å². The molecule has 0 aliphatic carbocycles. The highest BCUT2D eigenvalue weighted by molar-refractivity contribution is 7.80. The number of piperazine rings is 1. The largest absolute Gasteiger partial charge is 0.346 e. The lowest BCUT2D eigenvalue weighted by atomic mass is 10.2. The summed E-state index contributed by atoms with van der Waals surface area (Å²) in [4.78, 5) is 4.66. The number of nitrogens with zero attached hydrogens (tertiary/aromatic N) is 8. The number of thiocarbonyl (C=S) groups is 1. The van der Waals surface area contributed by atoms with Gasteiger partial charge in [-0.25, -0.2) is 0 Å². The molecule has 0 amide bonds. The molecule has 0 bridgehead atoms. The van der Waals surface area contributed by atoms with Crippen LogP contribution in [0.25, 0.3) is 0 Å². The molecule has 30 heavy (non-hydrogen) atoms. The van der Waals surface area contributed by atoms with Crippen molar-refractivity contribution in [3.8, 4) is 0 Å². The van der Waals surface area contributed by atoms with Gasteiger partial charge in [0.15, 0.2) is 5.11 Å². The van der Waals surface area contributed by atoms with Crippen LogP contribution in [0.4, 0.5) is 5.69 Å². The Hall–Kier alpha value is -2.72. The number of hydrogen-bond donors (Lipinski definition) is 1. The van der Waals surface area contributed by atoms with E-state index in [0.29, 0.717) is 6.54 Å². The highest BCUT2D eigenvalue weighted by Crippen LogP contribution is 2.13. The molecule has 1 aliphatic heterocycles. The molecular formula is C20H29N9S. The smallest absolute Gasteiger partial charge is 0.173 e. The summed E-state index contributed by atoms with van der Waals surface area (Å²) < 4.78 is 5.77. The SMILES string of the molecule is CCn1ncc(Cn2cc(NC(=S)N3CCN(Cc4cnn(C)c4)CC3)cn2)c1C. The Morgan fingerprint density at radius 1 is 1.03 bits per heavy atom. The lowest BCUT2D eigenvalue weighted by Crippen LogP contribution is -2.49. The molecule has 0 saturated carbocycles. The molecule has 3 aromatic rings. The molecule has 0 spiro atoms. The van der Waals surface area contributed by atoms with E-state index in [1.54, 1.807) is 0 Å². The van der Waals surface area contributed by atoms with Gasteiger partial charge in [0.05, 0.1) is 30.8 Å². The lowest BCUT2D eigenvalue weighted by Gasteiger charge is -2.35. The van der Waals surface area contributed by atoms with Crippen molar-refractivity contribution in [2.24, 2.45) is 7.05 Å². The third kappa shape index (κ3) is 4.71. The first-order chi connectivity index (χ1) is 14.5. The third-order valence-corrected chi connectivity index (χ3v) is 5.91. The number of rotatable bonds is 6. The molecule has 1 N–H and O–H groups in total. The van der Waals surface area contributed by atoms with Gasteiger partial charge in [0.2, 0.25) is 0 Å². The van der Waals surface area contributed by atoms with Gasteiger partial charge in [0.25, 0.3) is 0 Å². The summed E-state index contributed by atoms with van der Waals surface area (Å²) in [6.07, 6.45) is 9.75. The minimum absolute atomic E-state index is 0.702. The summed E-state index contributed by atoms with van der Waals surface area (Å²) in [7, 11) is 1.95. The van der Waals surface area contributed by atoms with Crippen LogP contribution in [0.2, 0.25) is 0 Å². The van der Waals surface area contributed by atoms with E-state index in [1.165, 1.54) is 16.8 Å². The van der Waals surface area contributed by atoms with Gasteiger partial charge in [0.1, 0.15) is 0 Å². The highest BCUT2D eigenvalue weighted by Gasteiger charge is 2.19. The number of hydrogen-bond acceptors (Lipinski definition) is 5. The van der Waals surface area contributed by atoms with Gasteiger partial charge in [-0.3, -0.25) is 18.9 Å². The highest BCUT2D eigenvalue weighted by atomic mass is 32.1. The zero-order chi connectivity index (χ0) is 21.1. The second-order valence-electron chi connectivity index (χ2n) is 7.71. The first-order valence-corrected chi connectivity index (χ1v) is 10.7. The molecule has 10 heteroatoms. The van der Waals surface area contributed by atoms with Gasteiger partial charge in [-0.1, -0.05) is 0 Å². The molecule has 0 radical (unpaired) electrons. The standard InChI is InChI=1S/C20H29N9S/c1-4-29-16(2)18(10-23-29)14-28-15-19(11-22-28)24-20(30)27-7-5-26(6-8-27)13-17-9-21-25(3)12-17/h9-12,15H,4-8,13-14H2,1-3H3,(H,24,30). The minimum atomic E-state index is 0.702. The molecule has 0 unspecified atom stereocenters. The summed E-state index contributed by atoms with van der Waals surface area (Å²) in [5, 5.41) is 17.2. The fourth-order valence-corrected chi connectivity index (χ4v) is 4.07. The maximum atomic E-state index is 5.64. The molecule has 1 fully saturated rings. The topological polar surface area (TPSA) is 72.0 Å². The number of aromatic nitrogens is 6. The van der Waals surface area contributed by atoms with E-state index in [1.807, 2.05) is 45.9 Å². The van der Waals surface area contributed by atoms with Crippen LogP contribution < -0.4 is 5.32 Å². The molecule has 4 rings (SSSR count). The first-order valence-electron chi connectivity index (χ1n) is 10.3. The minimum Gasteiger partial charge on any atom is -0.346 e. The zero-order valence-corrected chi connectivity index (χ0v) is 18.6. The molecule has 3 aromatic heterocycles. The maximum Gasteiger partial charge on any atom is 0.173 e. The Morgan fingerprint density at radius 3 is 2.50 bits per heavy atom. The predicted molar refractivity (Wildman–Crippen MR) is 120 cm³/mol. The van der Waals surface area contributed by atoms with Crippen LogP contribution in [0.3, 0.4) is 0 Å². The van der Waals surface area contributed by atoms with E-state index in [-0.39, 0.29) is 0 Å². The summed E-state index contributed by atoms with van der Waals surface area (Å²) in [5.74, 6) is 0. The average molecular weight is 428 g/mol. The number of aryl methyl sites for hydroxylation is 2. The van der Waals surface area contributed by atoms with E-state index < -0.39 is 0 Å². The van der Waals surface area contributed by atoms with Crippen LogP contribution in [0, 0.1) is 6.92 Å². The van der Waals surface area contributed by atoms with Gasteiger partial charge < -0.3 is 10.2 Å². The normalized spacial score (nSPS) is 15.0. The average Bonchev–Trinajstić information content (AvgIpc) is 3.44. The summed E-state index contributed by atoms with van der Waals surface area (Å²) >= 11 is 5.64. The van der Waals surface area contributed by atoms with Gasteiger partial charge in [-0.15, -0.1) is 0 Å². The molecule has 4 heterocycles. The van der Waals surface area contributed by atoms with Crippen LogP contribution in [0.5, 0.6) is 0 Å². The van der Waals surface area contributed by atoms with Crippen molar-refractivity contribution in [2.45, 2.75) is 33.5 Å². The Morgan fingerprint density at radius 2 is 1.83 bits per heavy atom. The Bertz CT molecular complexity index is 994. The fraction of sp³-hybridized carbons (Fsp3) is 0.500. The van der Waals surface area contributed by atoms with Gasteiger partial charge >= 0.3 is 0 Å². The molecule has 1 aliphatic rings. The summed E-state index contributed by atoms with van der Waals surface area (Å²) in [6, 6.07) is 0. The van der Waals surface area contributed by atoms with Crippen LogP contribution in [-0.2, 0) is 26.7 Å². The Kier molecular flexibility index (Phi) is 6.14. The molecular weight excluding hydrogens is 398 g/mol. The molecule has 0 atom stereocenters. The van der Waals surface area contributed by atoms with E-state index in [2.05, 4.69) is 50.5 Å².